The molecule has 10 rings (SSSR count). The molecule has 6 atom stereocenters. The number of nitrogens with zero attached hydrogens (tertiary/aromatic N) is 6. The second kappa shape index (κ2) is 21.6. The fourth-order valence-corrected chi connectivity index (χ4v) is 20.2. The van der Waals surface area contributed by atoms with Crippen molar-refractivity contribution in [3.05, 3.63) is 119 Å². The van der Waals surface area contributed by atoms with Crippen LogP contribution in [0.3, 0.4) is 0 Å². The van der Waals surface area contributed by atoms with Crippen molar-refractivity contribution in [2.45, 2.75) is 189 Å². The second-order valence-corrected chi connectivity index (χ2v) is 32.0. The minimum absolute atomic E-state index is 0.111. The molecule has 0 aliphatic heterocycles. The van der Waals surface area contributed by atoms with Crippen molar-refractivity contribution >= 4 is 38.4 Å². The largest absolute Gasteiger partial charge is 0.416 e. The minimum atomic E-state index is -4.50. The standard InChI is InChI=1S/2C30H35F4N3OSi/c2*1-4-39(5-2,6-3)38-29(30(32,33)34)15-14-28(20-35)23(18-29)9-7-8-21-17-27-22(16-26(21)28)19-36-37(27)25-12-10-24(31)11-13-25/h2*10-13,16-17,19,23H,4-9,14-15,18H2,1-3H3/t2*23-,28+,29-/m10/s1. The van der Waals surface area contributed by atoms with Gasteiger partial charge in [-0.25, -0.2) is 18.1 Å². The van der Waals surface area contributed by atoms with Crippen LogP contribution in [-0.2, 0) is 32.5 Å². The predicted molar refractivity (Wildman–Crippen MR) is 291 cm³/mol. The molecule has 4 aliphatic carbocycles. The highest BCUT2D eigenvalue weighted by Crippen LogP contribution is 2.60. The Labute approximate surface area is 454 Å². The van der Waals surface area contributed by atoms with Gasteiger partial charge in [0.1, 0.15) is 11.6 Å². The lowest BCUT2D eigenvalue weighted by Crippen LogP contribution is -2.60. The van der Waals surface area contributed by atoms with Gasteiger partial charge in [-0.2, -0.15) is 47.1 Å². The maximum absolute atomic E-state index is 14.9. The summed E-state index contributed by atoms with van der Waals surface area (Å²) in [5, 5.41) is 32.0. The fourth-order valence-electron chi connectivity index (χ4n) is 14.1. The summed E-state index contributed by atoms with van der Waals surface area (Å²) in [6.45, 7) is 11.7. The van der Waals surface area contributed by atoms with Crippen LogP contribution in [0, 0.1) is 46.1 Å². The van der Waals surface area contributed by atoms with E-state index in [1.54, 1.807) is 46.0 Å². The highest BCUT2D eigenvalue weighted by atomic mass is 28.4. The molecule has 0 unspecified atom stereocenters. The number of nitriles is 2. The summed E-state index contributed by atoms with van der Waals surface area (Å²) in [7, 11) is -5.14. The number of rotatable bonds is 12. The monoisotopic (exact) mass is 1110 g/mol. The van der Waals surface area contributed by atoms with Gasteiger partial charge >= 0.3 is 12.4 Å². The zero-order valence-electron chi connectivity index (χ0n) is 45.5. The molecule has 0 N–H and O–H groups in total. The van der Waals surface area contributed by atoms with Gasteiger partial charge in [0, 0.05) is 10.8 Å². The first-order valence-electron chi connectivity index (χ1n) is 28.0. The van der Waals surface area contributed by atoms with E-state index in [4.69, 9.17) is 8.85 Å². The molecule has 416 valence electrons. The molecule has 2 aromatic heterocycles. The quantitative estimate of drug-likeness (QED) is 0.0894. The van der Waals surface area contributed by atoms with Gasteiger partial charge < -0.3 is 8.85 Å². The zero-order chi connectivity index (χ0) is 56.1. The van der Waals surface area contributed by atoms with Crippen LogP contribution < -0.4 is 0 Å². The van der Waals surface area contributed by atoms with E-state index < -0.39 is 62.9 Å². The molecular weight excluding hydrogens is 1040 g/mol. The van der Waals surface area contributed by atoms with Gasteiger partial charge in [0.2, 0.25) is 0 Å². The average Bonchev–Trinajstić information content (AvgIpc) is 4.08. The molecule has 6 aromatic rings. The van der Waals surface area contributed by atoms with Crippen LogP contribution in [0.25, 0.3) is 33.2 Å². The lowest BCUT2D eigenvalue weighted by molar-refractivity contribution is -0.270. The smallest absolute Gasteiger partial charge is 0.403 e. The van der Waals surface area contributed by atoms with Crippen LogP contribution >= 0.6 is 0 Å². The molecule has 2 saturated carbocycles. The predicted octanol–water partition coefficient (Wildman–Crippen LogP) is 16.8. The molecule has 0 saturated heterocycles. The van der Waals surface area contributed by atoms with Gasteiger partial charge in [0.25, 0.3) is 0 Å². The van der Waals surface area contributed by atoms with E-state index in [9.17, 15) is 45.6 Å². The van der Waals surface area contributed by atoms with Crippen LogP contribution in [0.4, 0.5) is 35.1 Å². The van der Waals surface area contributed by atoms with Crippen molar-refractivity contribution in [1.29, 1.82) is 10.5 Å². The Kier molecular flexibility index (Phi) is 15.8. The molecule has 78 heavy (non-hydrogen) atoms. The van der Waals surface area contributed by atoms with E-state index in [-0.39, 0.29) is 50.2 Å². The molecule has 4 aliphatic rings. The molecule has 8 nitrogen and oxygen atoms in total. The highest BCUT2D eigenvalue weighted by molar-refractivity contribution is 6.74. The lowest BCUT2D eigenvalue weighted by Gasteiger charge is -2.52. The van der Waals surface area contributed by atoms with Crippen LogP contribution in [0.2, 0.25) is 36.3 Å². The number of hydrogen-bond acceptors (Lipinski definition) is 6. The Balaban J connectivity index is 0.000000190. The molecule has 2 fully saturated rings. The zero-order valence-corrected chi connectivity index (χ0v) is 47.5. The third kappa shape index (κ3) is 9.82. The Bertz CT molecular complexity index is 2980. The summed E-state index contributed by atoms with van der Waals surface area (Å²) in [6.07, 6.45) is -2.28. The average molecular weight is 1120 g/mol. The highest BCUT2D eigenvalue weighted by Gasteiger charge is 2.66. The van der Waals surface area contributed by atoms with Crippen molar-refractivity contribution in [1.82, 2.24) is 19.6 Å². The summed E-state index contributed by atoms with van der Waals surface area (Å²) in [5.74, 6) is -1.58. The van der Waals surface area contributed by atoms with Crippen molar-refractivity contribution in [2.24, 2.45) is 11.8 Å². The van der Waals surface area contributed by atoms with Crippen molar-refractivity contribution < 1.29 is 44.0 Å². The lowest BCUT2D eigenvalue weighted by atomic mass is 9.58. The normalized spacial score (nSPS) is 25.5. The summed E-state index contributed by atoms with van der Waals surface area (Å²) in [5.41, 5.74) is 0.310. The van der Waals surface area contributed by atoms with E-state index in [1.165, 1.54) is 24.3 Å². The van der Waals surface area contributed by atoms with Gasteiger partial charge in [-0.05, 0) is 220 Å². The van der Waals surface area contributed by atoms with Crippen molar-refractivity contribution in [3.63, 3.8) is 0 Å². The van der Waals surface area contributed by atoms with E-state index in [0.29, 0.717) is 86.2 Å². The number of benzene rings is 4. The van der Waals surface area contributed by atoms with Crippen LogP contribution in [0.1, 0.15) is 128 Å². The van der Waals surface area contributed by atoms with Gasteiger partial charge in [-0.1, -0.05) is 41.5 Å². The van der Waals surface area contributed by atoms with Gasteiger partial charge in [0.05, 0.1) is 57.8 Å². The molecular formula is C60H70F8N6O2Si2. The first kappa shape index (κ1) is 57.3. The van der Waals surface area contributed by atoms with E-state index in [2.05, 4.69) is 22.3 Å². The van der Waals surface area contributed by atoms with Crippen LogP contribution in [-0.4, -0.2) is 59.8 Å². The van der Waals surface area contributed by atoms with E-state index in [1.807, 2.05) is 65.8 Å². The first-order valence-corrected chi connectivity index (χ1v) is 33.1. The second-order valence-electron chi connectivity index (χ2n) is 22.6. The Morgan fingerprint density at radius 1 is 0.551 bits per heavy atom. The molecule has 0 amide bonds. The third-order valence-electron chi connectivity index (χ3n) is 19.2. The third-order valence-corrected chi connectivity index (χ3v) is 28.6. The molecule has 18 heteroatoms. The Morgan fingerprint density at radius 2 is 0.897 bits per heavy atom. The Morgan fingerprint density at radius 3 is 1.21 bits per heavy atom. The number of aryl methyl sites for hydroxylation is 2. The van der Waals surface area contributed by atoms with Crippen molar-refractivity contribution in [2.75, 3.05) is 0 Å². The van der Waals surface area contributed by atoms with E-state index >= 15 is 0 Å². The molecule has 4 aromatic carbocycles. The molecule has 0 spiro atoms. The van der Waals surface area contributed by atoms with Crippen molar-refractivity contribution in [3.8, 4) is 23.5 Å². The summed E-state index contributed by atoms with van der Waals surface area (Å²) < 4.78 is 133. The Hall–Kier alpha value is -5.41. The number of aromatic nitrogens is 4. The maximum atomic E-state index is 14.9. The summed E-state index contributed by atoms with van der Waals surface area (Å²) in [4.78, 5) is 0. The maximum Gasteiger partial charge on any atom is 0.416 e. The summed E-state index contributed by atoms with van der Waals surface area (Å²) in [6, 6.07) is 29.1. The number of fused-ring (bicyclic) bond motifs is 8. The van der Waals surface area contributed by atoms with Gasteiger partial charge in [-0.15, -0.1) is 0 Å². The van der Waals surface area contributed by atoms with Gasteiger partial charge in [-0.3, -0.25) is 0 Å². The van der Waals surface area contributed by atoms with Crippen LogP contribution in [0.5, 0.6) is 0 Å². The number of halogens is 8. The molecule has 0 bridgehead atoms. The molecule has 2 heterocycles. The first-order chi connectivity index (χ1) is 37.1. The summed E-state index contributed by atoms with van der Waals surface area (Å²) >= 11 is 0. The topological polar surface area (TPSA) is 102 Å². The van der Waals surface area contributed by atoms with E-state index in [0.717, 1.165) is 44.1 Å². The van der Waals surface area contributed by atoms with Gasteiger partial charge in [0.15, 0.2) is 27.8 Å². The number of alkyl halides is 6. The number of hydrogen-bond donors (Lipinski definition) is 0. The SMILES string of the molecule is CC[Si](CC)(CC)O[C@@]1(C(F)(F)F)CC[C@]2(C#N)c3cc4cnn(-c5ccc(F)cc5)c4cc3CCC[C@H]2C1.CC[Si](CC)(CC)O[C@]1(C(F)(F)F)CC[C@@]2(C#N)c3cc4cnn(-c5ccc(F)cc5)c4cc3CCC[C@@H]2C1. The van der Waals surface area contributed by atoms with Crippen LogP contribution in [0.15, 0.2) is 85.2 Å². The minimum Gasteiger partial charge on any atom is -0.403 e. The fraction of sp³-hybridized carbons (Fsp3) is 0.533. The molecule has 0 radical (unpaired) electrons.